The van der Waals surface area contributed by atoms with Crippen molar-refractivity contribution in [2.24, 2.45) is 0 Å². The Morgan fingerprint density at radius 1 is 1.54 bits per heavy atom. The van der Waals surface area contributed by atoms with Gasteiger partial charge in [0.1, 0.15) is 11.3 Å². The minimum Gasteiger partial charge on any atom is -0.341 e. The van der Waals surface area contributed by atoms with Gasteiger partial charge in [-0.25, -0.2) is 15.0 Å². The third-order valence-electron chi connectivity index (χ3n) is 1.54. The van der Waals surface area contributed by atoms with Gasteiger partial charge in [0.15, 0.2) is 5.65 Å². The molecule has 0 bridgehead atoms. The molecule has 65 valence electrons. The predicted octanol–water partition coefficient (Wildman–Crippen LogP) is -0.490. The molecule has 0 aromatic carbocycles. The Morgan fingerprint density at radius 2 is 2.46 bits per heavy atom. The van der Waals surface area contributed by atoms with Crippen LogP contribution in [0, 0.1) is 0 Å². The van der Waals surface area contributed by atoms with Gasteiger partial charge in [0, 0.05) is 0 Å². The molecule has 13 heavy (non-hydrogen) atoms. The summed E-state index contributed by atoms with van der Waals surface area (Å²) in [5, 5.41) is 2.36. The van der Waals surface area contributed by atoms with Gasteiger partial charge in [0.25, 0.3) is 0 Å². The quantitative estimate of drug-likeness (QED) is 0.618. The molecule has 0 saturated carbocycles. The lowest BCUT2D eigenvalue weighted by atomic mass is 10.5. The molecule has 0 fully saturated rings. The number of imidazole rings is 1. The first-order chi connectivity index (χ1) is 6.40. The number of fused-ring (bicyclic) bond motifs is 1. The van der Waals surface area contributed by atoms with Gasteiger partial charge in [-0.1, -0.05) is 0 Å². The first-order valence-corrected chi connectivity index (χ1v) is 3.65. The minimum absolute atomic E-state index is 0.276. The van der Waals surface area contributed by atoms with Crippen LogP contribution >= 0.6 is 0 Å². The molecular weight excluding hydrogens is 170 g/mol. The van der Waals surface area contributed by atoms with Crippen LogP contribution in [-0.2, 0) is 11.3 Å². The molecule has 6 heteroatoms. The molecule has 1 radical (unpaired) electrons. The van der Waals surface area contributed by atoms with Crippen molar-refractivity contribution in [1.29, 1.82) is 0 Å². The molecule has 0 aliphatic carbocycles. The van der Waals surface area contributed by atoms with Crippen LogP contribution in [0.1, 0.15) is 5.82 Å². The normalized spacial score (nSPS) is 10.2. The van der Waals surface area contributed by atoms with E-state index in [9.17, 15) is 4.79 Å². The van der Waals surface area contributed by atoms with Crippen LogP contribution in [0.3, 0.4) is 0 Å². The first kappa shape index (κ1) is 7.66. The standard InChI is InChI=1S/C7H6N5O/c13-4-8-2-6-9-1-5-7(12-6)11-3-10-5/h1,3H,2H2,(H,8,13)(H,9,10,11,12). The Labute approximate surface area is 73.4 Å². The molecule has 2 N–H and O–H groups in total. The average Bonchev–Trinajstić information content (AvgIpc) is 2.61. The molecule has 0 atom stereocenters. The summed E-state index contributed by atoms with van der Waals surface area (Å²) < 4.78 is 0. The number of hydrogen-bond acceptors (Lipinski definition) is 4. The third kappa shape index (κ3) is 1.46. The van der Waals surface area contributed by atoms with Gasteiger partial charge in [-0.2, -0.15) is 0 Å². The largest absolute Gasteiger partial charge is 0.341 e. The maximum Gasteiger partial charge on any atom is 0.309 e. The lowest BCUT2D eigenvalue weighted by molar-refractivity contribution is 0.540. The first-order valence-electron chi connectivity index (χ1n) is 3.65. The summed E-state index contributed by atoms with van der Waals surface area (Å²) in [6.07, 6.45) is 4.69. The maximum absolute atomic E-state index is 9.88. The number of H-pyrrole nitrogens is 1. The Hall–Kier alpha value is -1.98. The van der Waals surface area contributed by atoms with Gasteiger partial charge in [-0.15, -0.1) is 0 Å². The number of carbonyl (C=O) groups excluding carboxylic acids is 1. The Balaban J connectivity index is 2.31. The van der Waals surface area contributed by atoms with Crippen LogP contribution < -0.4 is 5.32 Å². The molecule has 2 aromatic rings. The number of hydrogen-bond donors (Lipinski definition) is 2. The highest BCUT2D eigenvalue weighted by atomic mass is 16.1. The van der Waals surface area contributed by atoms with Gasteiger partial charge in [-0.3, -0.25) is 4.79 Å². The summed E-state index contributed by atoms with van der Waals surface area (Å²) >= 11 is 0. The lowest BCUT2D eigenvalue weighted by Crippen LogP contribution is -2.12. The number of aromatic nitrogens is 4. The Bertz CT molecular complexity index is 423. The van der Waals surface area contributed by atoms with Crippen molar-refractivity contribution in [2.75, 3.05) is 0 Å². The predicted molar refractivity (Wildman–Crippen MR) is 44.2 cm³/mol. The van der Waals surface area contributed by atoms with Crippen molar-refractivity contribution in [2.45, 2.75) is 6.54 Å². The highest BCUT2D eigenvalue weighted by molar-refractivity contribution is 5.68. The number of aromatic amines is 1. The van der Waals surface area contributed by atoms with Crippen molar-refractivity contribution in [3.63, 3.8) is 0 Å². The van der Waals surface area contributed by atoms with Gasteiger partial charge in [-0.05, 0) is 0 Å². The average molecular weight is 176 g/mol. The second-order valence-electron chi connectivity index (χ2n) is 2.38. The second-order valence-corrected chi connectivity index (χ2v) is 2.38. The molecule has 2 aromatic heterocycles. The van der Waals surface area contributed by atoms with E-state index in [1.807, 2.05) is 0 Å². The smallest absolute Gasteiger partial charge is 0.309 e. The lowest BCUT2D eigenvalue weighted by Gasteiger charge is -1.95. The van der Waals surface area contributed by atoms with Crippen LogP contribution in [0.4, 0.5) is 0 Å². The number of nitrogens with zero attached hydrogens (tertiary/aromatic N) is 3. The van der Waals surface area contributed by atoms with Gasteiger partial charge >= 0.3 is 6.41 Å². The van der Waals surface area contributed by atoms with Crippen molar-refractivity contribution < 1.29 is 4.79 Å². The van der Waals surface area contributed by atoms with E-state index in [0.717, 1.165) is 0 Å². The van der Waals surface area contributed by atoms with Gasteiger partial charge in [0.2, 0.25) is 0 Å². The molecule has 0 aliphatic heterocycles. The van der Waals surface area contributed by atoms with E-state index in [0.29, 0.717) is 17.0 Å². The van der Waals surface area contributed by atoms with Crippen LogP contribution in [0.2, 0.25) is 0 Å². The summed E-state index contributed by atoms with van der Waals surface area (Å²) in [7, 11) is 0. The van der Waals surface area contributed by atoms with Crippen LogP contribution in [-0.4, -0.2) is 26.3 Å². The van der Waals surface area contributed by atoms with E-state index < -0.39 is 0 Å². The zero-order valence-electron chi connectivity index (χ0n) is 6.61. The van der Waals surface area contributed by atoms with Gasteiger partial charge in [0.05, 0.1) is 19.1 Å². The topological polar surface area (TPSA) is 83.6 Å². The molecule has 0 spiro atoms. The van der Waals surface area contributed by atoms with E-state index in [1.165, 1.54) is 0 Å². The van der Waals surface area contributed by atoms with Crippen LogP contribution in [0.25, 0.3) is 11.2 Å². The molecule has 0 unspecified atom stereocenters. The Kier molecular flexibility index (Phi) is 1.87. The maximum atomic E-state index is 9.88. The molecular formula is C7H6N5O. The van der Waals surface area contributed by atoms with Crippen LogP contribution in [0.15, 0.2) is 12.5 Å². The SMILES string of the molecule is O=[C]NCc1ncc2nc[nH]c2n1. The van der Waals surface area contributed by atoms with E-state index in [2.05, 4.69) is 25.3 Å². The fraction of sp³-hybridized carbons (Fsp3) is 0.143. The minimum atomic E-state index is 0.276. The fourth-order valence-electron chi connectivity index (χ4n) is 0.976. The van der Waals surface area contributed by atoms with E-state index in [4.69, 9.17) is 0 Å². The molecule has 6 nitrogen and oxygen atoms in total. The molecule has 1 amide bonds. The number of nitrogens with one attached hydrogen (secondary N) is 2. The molecule has 0 saturated heterocycles. The molecule has 2 rings (SSSR count). The fourth-order valence-corrected chi connectivity index (χ4v) is 0.976. The van der Waals surface area contributed by atoms with Crippen molar-refractivity contribution in [3.8, 4) is 0 Å². The van der Waals surface area contributed by atoms with Crippen molar-refractivity contribution >= 4 is 17.6 Å². The van der Waals surface area contributed by atoms with Crippen LogP contribution in [0.5, 0.6) is 0 Å². The summed E-state index contributed by atoms with van der Waals surface area (Å²) in [6.45, 7) is 0.276. The van der Waals surface area contributed by atoms with E-state index in [1.54, 1.807) is 18.9 Å². The zero-order chi connectivity index (χ0) is 9.10. The molecule has 0 aliphatic rings. The third-order valence-corrected chi connectivity index (χ3v) is 1.54. The van der Waals surface area contributed by atoms with Crippen molar-refractivity contribution in [1.82, 2.24) is 25.3 Å². The summed E-state index contributed by atoms with van der Waals surface area (Å²) in [4.78, 5) is 24.8. The highest BCUT2D eigenvalue weighted by Crippen LogP contribution is 2.03. The molecule has 2 heterocycles. The van der Waals surface area contributed by atoms with Crippen molar-refractivity contribution in [3.05, 3.63) is 18.3 Å². The zero-order valence-corrected chi connectivity index (χ0v) is 6.61. The second kappa shape index (κ2) is 3.18. The highest BCUT2D eigenvalue weighted by Gasteiger charge is 2.00. The Morgan fingerprint density at radius 3 is 3.31 bits per heavy atom. The summed E-state index contributed by atoms with van der Waals surface area (Å²) in [5.74, 6) is 0.528. The number of rotatable bonds is 3. The van der Waals surface area contributed by atoms with Gasteiger partial charge < -0.3 is 10.3 Å². The summed E-state index contributed by atoms with van der Waals surface area (Å²) in [6, 6.07) is 0. The van der Waals surface area contributed by atoms with E-state index >= 15 is 0 Å². The number of amides is 1. The monoisotopic (exact) mass is 176 g/mol. The summed E-state index contributed by atoms with van der Waals surface area (Å²) in [5.41, 5.74) is 1.37. The van der Waals surface area contributed by atoms with E-state index in [-0.39, 0.29) is 6.54 Å².